The van der Waals surface area contributed by atoms with Gasteiger partial charge in [0.2, 0.25) is 5.88 Å². The van der Waals surface area contributed by atoms with Crippen LogP contribution in [0.25, 0.3) is 0 Å². The third-order valence-electron chi connectivity index (χ3n) is 2.52. The Morgan fingerprint density at radius 1 is 1.18 bits per heavy atom. The molecule has 0 bridgehead atoms. The summed E-state index contributed by atoms with van der Waals surface area (Å²) in [5.41, 5.74) is 2.13. The summed E-state index contributed by atoms with van der Waals surface area (Å²) in [5.74, 6) is 1.09. The molecule has 17 heavy (non-hydrogen) atoms. The lowest BCUT2D eigenvalue weighted by Crippen LogP contribution is -2.03. The maximum Gasteiger partial charge on any atom is 0.213 e. The molecular weight excluding hydrogens is 234 g/mol. The zero-order chi connectivity index (χ0) is 12.1. The van der Waals surface area contributed by atoms with E-state index in [1.807, 2.05) is 49.4 Å². The van der Waals surface area contributed by atoms with E-state index in [9.17, 15) is 0 Å². The molecule has 0 N–H and O–H groups in total. The Morgan fingerprint density at radius 2 is 1.94 bits per heavy atom. The number of halogens is 1. The van der Waals surface area contributed by atoms with Crippen molar-refractivity contribution in [3.63, 3.8) is 0 Å². The Bertz CT molecular complexity index is 455. The average Bonchev–Trinajstić information content (AvgIpc) is 2.40. The predicted molar refractivity (Wildman–Crippen MR) is 69.3 cm³/mol. The molecule has 3 heteroatoms. The Morgan fingerprint density at radius 3 is 2.53 bits per heavy atom. The molecule has 2 aromatic rings. The van der Waals surface area contributed by atoms with Gasteiger partial charge in [-0.25, -0.2) is 4.98 Å². The summed E-state index contributed by atoms with van der Waals surface area (Å²) >= 11 is 5.70. The molecule has 0 spiro atoms. The van der Waals surface area contributed by atoms with Gasteiger partial charge >= 0.3 is 0 Å². The summed E-state index contributed by atoms with van der Waals surface area (Å²) in [6, 6.07) is 13.8. The van der Waals surface area contributed by atoms with Gasteiger partial charge < -0.3 is 4.74 Å². The van der Waals surface area contributed by atoms with Gasteiger partial charge in [0.1, 0.15) is 6.10 Å². The van der Waals surface area contributed by atoms with Crippen molar-refractivity contribution in [3.8, 4) is 5.88 Å². The minimum absolute atomic E-state index is 0.00875. The SMILES string of the molecule is CC(Oc1ccc(CCl)cn1)c1ccccc1. The first kappa shape index (κ1) is 11.9. The summed E-state index contributed by atoms with van der Waals surface area (Å²) in [6.07, 6.45) is 1.73. The van der Waals surface area contributed by atoms with Gasteiger partial charge in [-0.15, -0.1) is 11.6 Å². The smallest absolute Gasteiger partial charge is 0.213 e. The molecule has 1 aromatic heterocycles. The van der Waals surface area contributed by atoms with Crippen molar-refractivity contribution in [1.82, 2.24) is 4.98 Å². The van der Waals surface area contributed by atoms with Gasteiger partial charge in [-0.05, 0) is 18.1 Å². The minimum atomic E-state index is -0.00875. The van der Waals surface area contributed by atoms with Crippen molar-refractivity contribution in [1.29, 1.82) is 0 Å². The van der Waals surface area contributed by atoms with Crippen LogP contribution in [0.15, 0.2) is 48.7 Å². The van der Waals surface area contributed by atoms with E-state index in [1.54, 1.807) is 6.20 Å². The van der Waals surface area contributed by atoms with E-state index >= 15 is 0 Å². The fraction of sp³-hybridized carbons (Fsp3) is 0.214. The first-order valence-corrected chi connectivity index (χ1v) is 6.05. The van der Waals surface area contributed by atoms with Crippen LogP contribution in [0.5, 0.6) is 5.88 Å². The van der Waals surface area contributed by atoms with Crippen molar-refractivity contribution in [2.24, 2.45) is 0 Å². The number of nitrogens with zero attached hydrogens (tertiary/aromatic N) is 1. The molecule has 0 aliphatic carbocycles. The summed E-state index contributed by atoms with van der Waals surface area (Å²) in [7, 11) is 0. The van der Waals surface area contributed by atoms with Crippen molar-refractivity contribution in [3.05, 3.63) is 59.8 Å². The molecule has 0 saturated carbocycles. The van der Waals surface area contributed by atoms with Gasteiger partial charge in [0.15, 0.2) is 0 Å². The standard InChI is InChI=1S/C14H14ClNO/c1-11(13-5-3-2-4-6-13)17-14-8-7-12(9-15)10-16-14/h2-8,10-11H,9H2,1H3. The zero-order valence-corrected chi connectivity index (χ0v) is 10.4. The highest BCUT2D eigenvalue weighted by molar-refractivity contribution is 6.17. The molecule has 88 valence electrons. The number of benzene rings is 1. The van der Waals surface area contributed by atoms with E-state index in [-0.39, 0.29) is 6.10 Å². The van der Waals surface area contributed by atoms with Crippen LogP contribution in [0.1, 0.15) is 24.2 Å². The average molecular weight is 248 g/mol. The van der Waals surface area contributed by atoms with E-state index in [1.165, 1.54) is 0 Å². The molecule has 1 unspecified atom stereocenters. The number of alkyl halides is 1. The number of aromatic nitrogens is 1. The van der Waals surface area contributed by atoms with E-state index in [0.717, 1.165) is 11.1 Å². The highest BCUT2D eigenvalue weighted by atomic mass is 35.5. The maximum atomic E-state index is 5.75. The summed E-state index contributed by atoms with van der Waals surface area (Å²) in [6.45, 7) is 2.01. The third kappa shape index (κ3) is 3.21. The second-order valence-electron chi connectivity index (χ2n) is 3.81. The second-order valence-corrected chi connectivity index (χ2v) is 4.08. The number of hydrogen-bond donors (Lipinski definition) is 0. The van der Waals surface area contributed by atoms with Gasteiger partial charge in [-0.1, -0.05) is 36.4 Å². The Kier molecular flexibility index (Phi) is 3.99. The first-order valence-electron chi connectivity index (χ1n) is 5.52. The molecular formula is C14H14ClNO. The molecule has 0 aliphatic rings. The van der Waals surface area contributed by atoms with Gasteiger partial charge in [0, 0.05) is 18.1 Å². The van der Waals surface area contributed by atoms with Crippen LogP contribution in [0.4, 0.5) is 0 Å². The fourth-order valence-electron chi connectivity index (χ4n) is 1.53. The maximum absolute atomic E-state index is 5.75. The molecule has 0 saturated heterocycles. The molecule has 1 aromatic carbocycles. The molecule has 0 radical (unpaired) electrons. The predicted octanol–water partition coefficient (Wildman–Crippen LogP) is 3.96. The van der Waals surface area contributed by atoms with Gasteiger partial charge in [-0.3, -0.25) is 0 Å². The third-order valence-corrected chi connectivity index (χ3v) is 2.83. The van der Waals surface area contributed by atoms with Crippen LogP contribution >= 0.6 is 11.6 Å². The number of pyridine rings is 1. The van der Waals surface area contributed by atoms with Crippen LogP contribution in [0.2, 0.25) is 0 Å². The zero-order valence-electron chi connectivity index (χ0n) is 9.64. The van der Waals surface area contributed by atoms with E-state index in [2.05, 4.69) is 4.98 Å². The quantitative estimate of drug-likeness (QED) is 0.763. The highest BCUT2D eigenvalue weighted by Gasteiger charge is 2.06. The largest absolute Gasteiger partial charge is 0.470 e. The number of hydrogen-bond acceptors (Lipinski definition) is 2. The summed E-state index contributed by atoms with van der Waals surface area (Å²) < 4.78 is 5.75. The summed E-state index contributed by atoms with van der Waals surface area (Å²) in [4.78, 5) is 4.21. The van der Waals surface area contributed by atoms with Gasteiger partial charge in [0.05, 0.1) is 0 Å². The fourth-order valence-corrected chi connectivity index (χ4v) is 1.69. The lowest BCUT2D eigenvalue weighted by molar-refractivity contribution is 0.217. The lowest BCUT2D eigenvalue weighted by atomic mass is 10.1. The van der Waals surface area contributed by atoms with Gasteiger partial charge in [-0.2, -0.15) is 0 Å². The molecule has 1 heterocycles. The monoisotopic (exact) mass is 247 g/mol. The van der Waals surface area contributed by atoms with Crippen molar-refractivity contribution < 1.29 is 4.74 Å². The molecule has 0 fully saturated rings. The normalized spacial score (nSPS) is 12.1. The second kappa shape index (κ2) is 5.69. The molecule has 2 nitrogen and oxygen atoms in total. The van der Waals surface area contributed by atoms with E-state index in [4.69, 9.17) is 16.3 Å². The van der Waals surface area contributed by atoms with Crippen LogP contribution in [0.3, 0.4) is 0 Å². The Balaban J connectivity index is 2.05. The highest BCUT2D eigenvalue weighted by Crippen LogP contribution is 2.19. The van der Waals surface area contributed by atoms with Gasteiger partial charge in [0.25, 0.3) is 0 Å². The first-order chi connectivity index (χ1) is 8.29. The molecule has 2 rings (SSSR count). The Hall–Kier alpha value is -1.54. The van der Waals surface area contributed by atoms with Crippen molar-refractivity contribution in [2.45, 2.75) is 18.9 Å². The molecule has 0 aliphatic heterocycles. The van der Waals surface area contributed by atoms with Crippen molar-refractivity contribution in [2.75, 3.05) is 0 Å². The molecule has 0 amide bonds. The molecule has 1 atom stereocenters. The van der Waals surface area contributed by atoms with Crippen LogP contribution < -0.4 is 4.74 Å². The van der Waals surface area contributed by atoms with E-state index < -0.39 is 0 Å². The van der Waals surface area contributed by atoms with Crippen molar-refractivity contribution >= 4 is 11.6 Å². The lowest BCUT2D eigenvalue weighted by Gasteiger charge is -2.14. The van der Waals surface area contributed by atoms with Crippen LogP contribution in [-0.2, 0) is 5.88 Å². The number of ether oxygens (including phenoxy) is 1. The topological polar surface area (TPSA) is 22.1 Å². The van der Waals surface area contributed by atoms with E-state index in [0.29, 0.717) is 11.8 Å². The van der Waals surface area contributed by atoms with Crippen LogP contribution in [0, 0.1) is 0 Å². The summed E-state index contributed by atoms with van der Waals surface area (Å²) in [5, 5.41) is 0. The van der Waals surface area contributed by atoms with Crippen LogP contribution in [-0.4, -0.2) is 4.98 Å². The Labute approximate surface area is 106 Å². The minimum Gasteiger partial charge on any atom is -0.470 e. The number of rotatable bonds is 4.